The van der Waals surface area contributed by atoms with Crippen LogP contribution in [0.2, 0.25) is 5.02 Å². The van der Waals surface area contributed by atoms with Crippen LogP contribution in [0.4, 0.5) is 0 Å². The number of carbonyl (C=O) groups excluding carboxylic acids is 1. The number of hydrogen-bond acceptors (Lipinski definition) is 2. The second kappa shape index (κ2) is 8.28. The largest absolute Gasteiger partial charge is 0.478 e. The van der Waals surface area contributed by atoms with Crippen molar-refractivity contribution >= 4 is 29.4 Å². The van der Waals surface area contributed by atoms with Gasteiger partial charge in [0.15, 0.2) is 0 Å². The first-order valence-corrected chi connectivity index (χ1v) is 9.20. The third-order valence-corrected chi connectivity index (χ3v) is 4.66. The van der Waals surface area contributed by atoms with Crippen molar-refractivity contribution in [2.75, 3.05) is 0 Å². The van der Waals surface area contributed by atoms with Gasteiger partial charge in [0.25, 0.3) is 0 Å². The van der Waals surface area contributed by atoms with E-state index in [2.05, 4.69) is 0 Å². The summed E-state index contributed by atoms with van der Waals surface area (Å²) in [5.74, 6) is -1.08. The van der Waals surface area contributed by atoms with Crippen LogP contribution >= 0.6 is 11.6 Å². The van der Waals surface area contributed by atoms with Crippen molar-refractivity contribution in [3.63, 3.8) is 0 Å². The molecule has 0 fully saturated rings. The summed E-state index contributed by atoms with van der Waals surface area (Å²) in [6.07, 6.45) is 5.47. The van der Waals surface area contributed by atoms with Gasteiger partial charge < -0.3 is 9.67 Å². The lowest BCUT2D eigenvalue weighted by Gasteiger charge is -2.07. The Morgan fingerprint density at radius 1 is 1.04 bits per heavy atom. The summed E-state index contributed by atoms with van der Waals surface area (Å²) in [5, 5.41) is 9.71. The van der Waals surface area contributed by atoms with E-state index in [1.807, 2.05) is 61.0 Å². The number of halogens is 1. The number of allylic oxidation sites excluding steroid dienone is 1. The zero-order valence-electron chi connectivity index (χ0n) is 15.6. The van der Waals surface area contributed by atoms with Crippen molar-refractivity contribution in [3.05, 3.63) is 99.3 Å². The summed E-state index contributed by atoms with van der Waals surface area (Å²) < 4.78 is 1.87. The van der Waals surface area contributed by atoms with Gasteiger partial charge in [0.2, 0.25) is 5.78 Å². The zero-order chi connectivity index (χ0) is 20.3. The highest BCUT2D eigenvalue weighted by molar-refractivity contribution is 6.31. The monoisotopic (exact) mass is 393 g/mol. The standard InChI is InChI=1S/C23H20ClNO3/c1-15-5-7-18(8-6-15)22(26)21-12-16(2)14-25(21)11-3-4-17-9-10-19(24)13-20(17)23(27)28/h3-10,12-14H,11H2,1-2H3,(H,27,28)/b4-3+. The molecule has 4 nitrogen and oxygen atoms in total. The Labute approximate surface area is 168 Å². The van der Waals surface area contributed by atoms with Crippen molar-refractivity contribution < 1.29 is 14.7 Å². The van der Waals surface area contributed by atoms with E-state index in [1.165, 1.54) is 6.07 Å². The molecule has 3 aromatic rings. The molecule has 0 aliphatic carbocycles. The second-order valence-electron chi connectivity index (χ2n) is 6.69. The van der Waals surface area contributed by atoms with E-state index < -0.39 is 5.97 Å². The minimum atomic E-state index is -1.03. The molecule has 1 aromatic heterocycles. The lowest BCUT2D eigenvalue weighted by molar-refractivity contribution is 0.0696. The molecule has 0 atom stereocenters. The van der Waals surface area contributed by atoms with Gasteiger partial charge >= 0.3 is 5.97 Å². The van der Waals surface area contributed by atoms with E-state index in [0.717, 1.165) is 11.1 Å². The number of nitrogens with zero attached hydrogens (tertiary/aromatic N) is 1. The van der Waals surface area contributed by atoms with Crippen molar-refractivity contribution in [3.8, 4) is 0 Å². The first-order valence-electron chi connectivity index (χ1n) is 8.82. The number of aromatic nitrogens is 1. The van der Waals surface area contributed by atoms with E-state index in [1.54, 1.807) is 18.2 Å². The molecular weight excluding hydrogens is 374 g/mol. The number of carbonyl (C=O) groups is 2. The summed E-state index contributed by atoms with van der Waals surface area (Å²) in [7, 11) is 0. The van der Waals surface area contributed by atoms with Crippen LogP contribution in [0.5, 0.6) is 0 Å². The van der Waals surface area contributed by atoms with Crippen LogP contribution in [0, 0.1) is 13.8 Å². The number of aromatic carboxylic acids is 1. The third-order valence-electron chi connectivity index (χ3n) is 4.42. The molecule has 0 saturated heterocycles. The van der Waals surface area contributed by atoms with Crippen molar-refractivity contribution in [2.45, 2.75) is 20.4 Å². The van der Waals surface area contributed by atoms with E-state index in [0.29, 0.717) is 28.4 Å². The summed E-state index contributed by atoms with van der Waals surface area (Å²) in [6.45, 7) is 4.37. The summed E-state index contributed by atoms with van der Waals surface area (Å²) in [4.78, 5) is 24.3. The molecule has 0 aliphatic rings. The lowest BCUT2D eigenvalue weighted by Crippen LogP contribution is -2.09. The molecule has 142 valence electrons. The molecule has 0 radical (unpaired) electrons. The van der Waals surface area contributed by atoms with Gasteiger partial charge in [-0.05, 0) is 43.2 Å². The number of ketones is 1. The maximum absolute atomic E-state index is 12.9. The average Bonchev–Trinajstić information content (AvgIpc) is 3.03. The van der Waals surface area contributed by atoms with Gasteiger partial charge in [-0.25, -0.2) is 4.79 Å². The number of hydrogen-bond donors (Lipinski definition) is 1. The predicted molar refractivity (Wildman–Crippen MR) is 111 cm³/mol. The molecule has 1 N–H and O–H groups in total. The molecule has 0 amide bonds. The highest BCUT2D eigenvalue weighted by atomic mass is 35.5. The van der Waals surface area contributed by atoms with Crippen LogP contribution in [0.25, 0.3) is 6.08 Å². The highest BCUT2D eigenvalue weighted by Crippen LogP contribution is 2.19. The Hall–Kier alpha value is -3.11. The predicted octanol–water partition coefficient (Wildman–Crippen LogP) is 5.40. The Morgan fingerprint density at radius 3 is 2.43 bits per heavy atom. The average molecular weight is 394 g/mol. The van der Waals surface area contributed by atoms with Crippen LogP contribution < -0.4 is 0 Å². The Bertz CT molecular complexity index is 1060. The maximum Gasteiger partial charge on any atom is 0.336 e. The van der Waals surface area contributed by atoms with Gasteiger partial charge in [-0.2, -0.15) is 0 Å². The van der Waals surface area contributed by atoms with Gasteiger partial charge in [-0.3, -0.25) is 4.79 Å². The van der Waals surface area contributed by atoms with Crippen LogP contribution in [0.15, 0.2) is 60.8 Å². The van der Waals surface area contributed by atoms with Crippen LogP contribution in [0.3, 0.4) is 0 Å². The number of benzene rings is 2. The second-order valence-corrected chi connectivity index (χ2v) is 7.13. The summed E-state index contributed by atoms with van der Waals surface area (Å²) in [5.41, 5.74) is 4.03. The molecular formula is C23H20ClNO3. The smallest absolute Gasteiger partial charge is 0.336 e. The fourth-order valence-corrected chi connectivity index (χ4v) is 3.18. The van der Waals surface area contributed by atoms with Gasteiger partial charge in [0.05, 0.1) is 11.3 Å². The van der Waals surface area contributed by atoms with E-state index in [9.17, 15) is 14.7 Å². The Morgan fingerprint density at radius 2 is 1.75 bits per heavy atom. The van der Waals surface area contributed by atoms with Crippen LogP contribution in [-0.4, -0.2) is 21.4 Å². The lowest BCUT2D eigenvalue weighted by atomic mass is 10.1. The van der Waals surface area contributed by atoms with Gasteiger partial charge in [0, 0.05) is 23.3 Å². The molecule has 0 saturated carbocycles. The van der Waals surface area contributed by atoms with Crippen molar-refractivity contribution in [2.24, 2.45) is 0 Å². The quantitative estimate of drug-likeness (QED) is 0.570. The molecule has 0 unspecified atom stereocenters. The van der Waals surface area contributed by atoms with Gasteiger partial charge in [-0.15, -0.1) is 0 Å². The molecule has 0 spiro atoms. The molecule has 0 bridgehead atoms. The normalized spacial score (nSPS) is 11.1. The SMILES string of the molecule is Cc1ccc(C(=O)c2cc(C)cn2C/C=C/c2ccc(Cl)cc2C(=O)O)cc1. The number of carboxylic acids is 1. The first kappa shape index (κ1) is 19.6. The zero-order valence-corrected chi connectivity index (χ0v) is 16.4. The van der Waals surface area contributed by atoms with Crippen LogP contribution in [0.1, 0.15) is 43.1 Å². The Balaban J connectivity index is 1.85. The Kier molecular flexibility index (Phi) is 5.81. The van der Waals surface area contributed by atoms with E-state index in [4.69, 9.17) is 11.6 Å². The summed E-state index contributed by atoms with van der Waals surface area (Å²) in [6, 6.07) is 14.1. The fourth-order valence-electron chi connectivity index (χ4n) is 3.00. The number of rotatable bonds is 6. The minimum absolute atomic E-state index is 0.0424. The van der Waals surface area contributed by atoms with E-state index >= 15 is 0 Å². The number of aryl methyl sites for hydroxylation is 2. The molecule has 5 heteroatoms. The summed E-state index contributed by atoms with van der Waals surface area (Å²) >= 11 is 5.89. The highest BCUT2D eigenvalue weighted by Gasteiger charge is 2.14. The van der Waals surface area contributed by atoms with Crippen molar-refractivity contribution in [1.82, 2.24) is 4.57 Å². The molecule has 3 rings (SSSR count). The molecule has 0 aliphatic heterocycles. The van der Waals surface area contributed by atoms with E-state index in [-0.39, 0.29) is 11.3 Å². The maximum atomic E-state index is 12.9. The molecule has 28 heavy (non-hydrogen) atoms. The van der Waals surface area contributed by atoms with Gasteiger partial charge in [0.1, 0.15) is 0 Å². The first-order chi connectivity index (χ1) is 13.3. The van der Waals surface area contributed by atoms with Gasteiger partial charge in [-0.1, -0.05) is 59.6 Å². The topological polar surface area (TPSA) is 59.3 Å². The molecule has 1 heterocycles. The fraction of sp³-hybridized carbons (Fsp3) is 0.130. The third kappa shape index (κ3) is 4.41. The molecule has 2 aromatic carbocycles. The number of carboxylic acid groups (broad SMARTS) is 1. The van der Waals surface area contributed by atoms with Crippen molar-refractivity contribution in [1.29, 1.82) is 0 Å². The minimum Gasteiger partial charge on any atom is -0.478 e. The van der Waals surface area contributed by atoms with Crippen LogP contribution in [-0.2, 0) is 6.54 Å².